The highest BCUT2D eigenvalue weighted by molar-refractivity contribution is 8.01. The van der Waals surface area contributed by atoms with Crippen LogP contribution < -0.4 is 0 Å². The van der Waals surface area contributed by atoms with E-state index in [1.807, 2.05) is 71.0 Å². The van der Waals surface area contributed by atoms with Crippen molar-refractivity contribution in [3.05, 3.63) is 66.1 Å². The molecule has 2 aliphatic heterocycles. The number of benzene rings is 1. The zero-order valence-electron chi connectivity index (χ0n) is 15.9. The number of aromatic nitrogens is 2. The maximum Gasteiger partial charge on any atom is 0.256 e. The Morgan fingerprint density at radius 1 is 1.29 bits per heavy atom. The first kappa shape index (κ1) is 17.8. The summed E-state index contributed by atoms with van der Waals surface area (Å²) in [6.45, 7) is 2.23. The van der Waals surface area contributed by atoms with E-state index in [1.54, 1.807) is 6.20 Å². The van der Waals surface area contributed by atoms with Crippen LogP contribution in [-0.4, -0.2) is 50.1 Å². The summed E-state index contributed by atoms with van der Waals surface area (Å²) in [4.78, 5) is 19.2. The lowest BCUT2D eigenvalue weighted by Crippen LogP contribution is -2.60. The summed E-state index contributed by atoms with van der Waals surface area (Å²) in [6.07, 6.45) is 6.85. The van der Waals surface area contributed by atoms with Crippen molar-refractivity contribution in [1.29, 1.82) is 0 Å². The van der Waals surface area contributed by atoms with Crippen LogP contribution in [0.1, 0.15) is 22.3 Å². The number of aryl methyl sites for hydroxylation is 1. The molecule has 5 nitrogen and oxygen atoms in total. The molecule has 1 amide bonds. The van der Waals surface area contributed by atoms with Gasteiger partial charge in [-0.05, 0) is 24.1 Å². The number of hydrogen-bond acceptors (Lipinski definition) is 4. The molecule has 2 saturated heterocycles. The molecule has 0 aliphatic carbocycles. The Balaban J connectivity index is 1.21. The molecule has 1 atom stereocenters. The van der Waals surface area contributed by atoms with Crippen LogP contribution in [0.2, 0.25) is 0 Å². The third-order valence-electron chi connectivity index (χ3n) is 5.76. The highest BCUT2D eigenvalue weighted by Gasteiger charge is 2.51. The summed E-state index contributed by atoms with van der Waals surface area (Å²) in [5.41, 5.74) is 3.01. The average Bonchev–Trinajstić information content (AvgIpc) is 3.28. The third-order valence-corrected chi connectivity index (χ3v) is 7.33. The van der Waals surface area contributed by atoms with E-state index >= 15 is 0 Å². The number of hydrogen-bond donors (Lipinski definition) is 0. The van der Waals surface area contributed by atoms with Crippen LogP contribution in [0.4, 0.5) is 0 Å². The molecule has 2 fully saturated rings. The molecule has 1 aromatic carbocycles. The highest BCUT2D eigenvalue weighted by atomic mass is 32.2. The van der Waals surface area contributed by atoms with E-state index in [9.17, 15) is 4.79 Å². The number of para-hydroxylation sites is 1. The molecule has 5 rings (SSSR count). The number of rotatable bonds is 4. The van der Waals surface area contributed by atoms with Gasteiger partial charge in [0.2, 0.25) is 0 Å². The SMILES string of the molecule is Cn1cc(C(=O)N2CC3(C[C@@H](OCc4cccnc4)CS3)C2)c2ccccc21. The van der Waals surface area contributed by atoms with Gasteiger partial charge in [0.25, 0.3) is 5.91 Å². The molecule has 0 N–H and O–H groups in total. The molecular weight excluding hydrogens is 370 g/mol. The Bertz CT molecular complexity index is 1010. The van der Waals surface area contributed by atoms with Gasteiger partial charge >= 0.3 is 0 Å². The number of carbonyl (C=O) groups excluding carboxylic acids is 1. The number of thioether (sulfide) groups is 1. The zero-order valence-corrected chi connectivity index (χ0v) is 16.7. The summed E-state index contributed by atoms with van der Waals surface area (Å²) in [5, 5.41) is 1.03. The Hall–Kier alpha value is -2.31. The summed E-state index contributed by atoms with van der Waals surface area (Å²) < 4.78 is 8.29. The number of fused-ring (bicyclic) bond motifs is 1. The number of amides is 1. The largest absolute Gasteiger partial charge is 0.373 e. The fourth-order valence-electron chi connectivity index (χ4n) is 4.30. The molecule has 4 heterocycles. The lowest BCUT2D eigenvalue weighted by Gasteiger charge is -2.47. The predicted molar refractivity (Wildman–Crippen MR) is 111 cm³/mol. The van der Waals surface area contributed by atoms with Crippen molar-refractivity contribution in [1.82, 2.24) is 14.5 Å². The first-order valence-electron chi connectivity index (χ1n) is 9.61. The van der Waals surface area contributed by atoms with E-state index in [-0.39, 0.29) is 16.8 Å². The van der Waals surface area contributed by atoms with E-state index in [2.05, 4.69) is 11.1 Å². The Morgan fingerprint density at radius 2 is 2.14 bits per heavy atom. The average molecular weight is 394 g/mol. The fourth-order valence-corrected chi connectivity index (χ4v) is 5.85. The van der Waals surface area contributed by atoms with Crippen LogP contribution in [0.3, 0.4) is 0 Å². The van der Waals surface area contributed by atoms with Crippen molar-refractivity contribution >= 4 is 28.6 Å². The third kappa shape index (κ3) is 3.10. The van der Waals surface area contributed by atoms with Crippen LogP contribution in [-0.2, 0) is 18.4 Å². The Kier molecular flexibility index (Phi) is 4.40. The molecular formula is C22H23N3O2S. The van der Waals surface area contributed by atoms with Crippen molar-refractivity contribution < 1.29 is 9.53 Å². The normalized spacial score (nSPS) is 20.6. The minimum absolute atomic E-state index is 0.141. The van der Waals surface area contributed by atoms with Gasteiger partial charge in [0.1, 0.15) is 0 Å². The fraction of sp³-hybridized carbons (Fsp3) is 0.364. The van der Waals surface area contributed by atoms with Gasteiger partial charge in [-0.3, -0.25) is 9.78 Å². The zero-order chi connectivity index (χ0) is 19.1. The van der Waals surface area contributed by atoms with Crippen molar-refractivity contribution in [3.8, 4) is 0 Å². The van der Waals surface area contributed by atoms with Gasteiger partial charge in [-0.25, -0.2) is 0 Å². The molecule has 6 heteroatoms. The van der Waals surface area contributed by atoms with E-state index in [0.29, 0.717) is 6.61 Å². The maximum atomic E-state index is 13.1. The highest BCUT2D eigenvalue weighted by Crippen LogP contribution is 2.46. The second-order valence-electron chi connectivity index (χ2n) is 7.82. The van der Waals surface area contributed by atoms with Crippen molar-refractivity contribution in [2.45, 2.75) is 23.9 Å². The molecule has 28 heavy (non-hydrogen) atoms. The first-order valence-corrected chi connectivity index (χ1v) is 10.6. The van der Waals surface area contributed by atoms with Crippen LogP contribution in [0.25, 0.3) is 10.9 Å². The van der Waals surface area contributed by atoms with E-state index in [1.165, 1.54) is 0 Å². The molecule has 0 saturated carbocycles. The molecule has 2 aromatic heterocycles. The Labute approximate surface area is 168 Å². The van der Waals surface area contributed by atoms with Gasteiger partial charge in [0, 0.05) is 55.4 Å². The van der Waals surface area contributed by atoms with Gasteiger partial charge < -0.3 is 14.2 Å². The van der Waals surface area contributed by atoms with Gasteiger partial charge in [0.05, 0.1) is 23.0 Å². The molecule has 0 unspecified atom stereocenters. The lowest BCUT2D eigenvalue weighted by atomic mass is 9.92. The molecule has 1 spiro atoms. The molecule has 2 aliphatic rings. The number of carbonyl (C=O) groups is 1. The van der Waals surface area contributed by atoms with Gasteiger partial charge in [-0.2, -0.15) is 0 Å². The second-order valence-corrected chi connectivity index (χ2v) is 9.31. The van der Waals surface area contributed by atoms with Gasteiger partial charge in [0.15, 0.2) is 0 Å². The molecule has 0 bridgehead atoms. The van der Waals surface area contributed by atoms with E-state index in [0.717, 1.165) is 47.3 Å². The Morgan fingerprint density at radius 3 is 2.96 bits per heavy atom. The summed E-state index contributed by atoms with van der Waals surface area (Å²) in [7, 11) is 1.99. The van der Waals surface area contributed by atoms with Crippen LogP contribution in [0, 0.1) is 0 Å². The summed E-state index contributed by atoms with van der Waals surface area (Å²) in [5.74, 6) is 1.14. The first-order chi connectivity index (χ1) is 13.6. The monoisotopic (exact) mass is 393 g/mol. The van der Waals surface area contributed by atoms with E-state index in [4.69, 9.17) is 4.74 Å². The number of likely N-dealkylation sites (tertiary alicyclic amines) is 1. The van der Waals surface area contributed by atoms with Crippen molar-refractivity contribution in [2.75, 3.05) is 18.8 Å². The minimum atomic E-state index is 0.141. The lowest BCUT2D eigenvalue weighted by molar-refractivity contribution is 0.0255. The van der Waals surface area contributed by atoms with Crippen molar-refractivity contribution in [2.24, 2.45) is 7.05 Å². The van der Waals surface area contributed by atoms with E-state index < -0.39 is 0 Å². The van der Waals surface area contributed by atoms with Crippen LogP contribution in [0.15, 0.2) is 55.0 Å². The second kappa shape index (κ2) is 6.94. The van der Waals surface area contributed by atoms with Crippen molar-refractivity contribution in [3.63, 3.8) is 0 Å². The summed E-state index contributed by atoms with van der Waals surface area (Å²) >= 11 is 1.96. The molecule has 0 radical (unpaired) electrons. The number of nitrogens with zero attached hydrogens (tertiary/aromatic N) is 3. The minimum Gasteiger partial charge on any atom is -0.373 e. The van der Waals surface area contributed by atoms with Crippen LogP contribution in [0.5, 0.6) is 0 Å². The van der Waals surface area contributed by atoms with Gasteiger partial charge in [-0.1, -0.05) is 24.3 Å². The number of pyridine rings is 1. The topological polar surface area (TPSA) is 47.4 Å². The quantitative estimate of drug-likeness (QED) is 0.681. The van der Waals surface area contributed by atoms with Gasteiger partial charge in [-0.15, -0.1) is 11.8 Å². The number of ether oxygens (including phenoxy) is 1. The summed E-state index contributed by atoms with van der Waals surface area (Å²) in [6, 6.07) is 12.1. The smallest absolute Gasteiger partial charge is 0.256 e. The predicted octanol–water partition coefficient (Wildman–Crippen LogP) is 3.49. The molecule has 3 aromatic rings. The standard InChI is InChI=1S/C22H23N3O2S/c1-24-11-19(18-6-2-3-7-20(18)24)21(26)25-14-22(15-25)9-17(13-28-22)27-12-16-5-4-8-23-10-16/h2-8,10-11,17H,9,12-15H2,1H3/t17-/m1/s1. The maximum absolute atomic E-state index is 13.1. The molecule has 144 valence electrons. The van der Waals surface area contributed by atoms with Crippen LogP contribution >= 0.6 is 11.8 Å².